The summed E-state index contributed by atoms with van der Waals surface area (Å²) in [5.41, 5.74) is 1.53. The van der Waals surface area contributed by atoms with Crippen molar-refractivity contribution in [2.75, 3.05) is 27.3 Å². The van der Waals surface area contributed by atoms with Gasteiger partial charge in [-0.05, 0) is 32.0 Å². The Morgan fingerprint density at radius 3 is 2.38 bits per heavy atom. The first kappa shape index (κ1) is 20.7. The van der Waals surface area contributed by atoms with Gasteiger partial charge in [0.25, 0.3) is 5.91 Å². The Morgan fingerprint density at radius 2 is 1.76 bits per heavy atom. The van der Waals surface area contributed by atoms with Crippen LogP contribution in [0.5, 0.6) is 11.5 Å². The van der Waals surface area contributed by atoms with E-state index in [0.29, 0.717) is 30.2 Å². The molecular weight excluding hydrogens is 368 g/mol. The Labute approximate surface area is 171 Å². The first-order valence-corrected chi connectivity index (χ1v) is 9.81. The maximum absolute atomic E-state index is 13.0. The molecule has 1 fully saturated rings. The minimum Gasteiger partial charge on any atom is -0.497 e. The SMILES string of the molecule is COc1ccc(C2CN(C(=O)c3ccccc3)CC2C(=O)NC(C)C)c(OC)c1. The quantitative estimate of drug-likeness (QED) is 0.815. The summed E-state index contributed by atoms with van der Waals surface area (Å²) in [6.07, 6.45) is 0. The van der Waals surface area contributed by atoms with Gasteiger partial charge in [0.15, 0.2) is 0 Å². The zero-order chi connectivity index (χ0) is 21.0. The standard InChI is InChI=1S/C23H28N2O4/c1-15(2)24-22(26)20-14-25(23(27)16-8-6-5-7-9-16)13-19(20)18-11-10-17(28-3)12-21(18)29-4/h5-12,15,19-20H,13-14H2,1-4H3,(H,24,26). The lowest BCUT2D eigenvalue weighted by atomic mass is 9.87. The summed E-state index contributed by atoms with van der Waals surface area (Å²) >= 11 is 0. The number of amides is 2. The highest BCUT2D eigenvalue weighted by Crippen LogP contribution is 2.39. The Kier molecular flexibility index (Phi) is 6.42. The molecule has 2 unspecified atom stereocenters. The molecule has 2 amide bonds. The number of carbonyl (C=O) groups is 2. The van der Waals surface area contributed by atoms with Gasteiger partial charge in [-0.1, -0.05) is 24.3 Å². The van der Waals surface area contributed by atoms with Crippen LogP contribution in [-0.2, 0) is 4.79 Å². The predicted molar refractivity (Wildman–Crippen MR) is 111 cm³/mol. The summed E-state index contributed by atoms with van der Waals surface area (Å²) in [5.74, 6) is 0.707. The first-order chi connectivity index (χ1) is 13.9. The van der Waals surface area contributed by atoms with E-state index in [4.69, 9.17) is 9.47 Å². The van der Waals surface area contributed by atoms with Crippen LogP contribution in [0.25, 0.3) is 0 Å². The number of nitrogens with zero attached hydrogens (tertiary/aromatic N) is 1. The van der Waals surface area contributed by atoms with E-state index in [1.807, 2.05) is 50.2 Å². The molecule has 1 N–H and O–H groups in total. The molecule has 1 aliphatic heterocycles. The van der Waals surface area contributed by atoms with E-state index in [-0.39, 0.29) is 29.7 Å². The lowest BCUT2D eigenvalue weighted by Gasteiger charge is -2.21. The fourth-order valence-electron chi connectivity index (χ4n) is 3.83. The van der Waals surface area contributed by atoms with E-state index in [0.717, 1.165) is 5.56 Å². The maximum Gasteiger partial charge on any atom is 0.253 e. The van der Waals surface area contributed by atoms with Gasteiger partial charge in [-0.15, -0.1) is 0 Å². The van der Waals surface area contributed by atoms with Crippen LogP contribution in [0.4, 0.5) is 0 Å². The second-order valence-corrected chi connectivity index (χ2v) is 7.56. The summed E-state index contributed by atoms with van der Waals surface area (Å²) in [4.78, 5) is 27.7. The summed E-state index contributed by atoms with van der Waals surface area (Å²) in [6.45, 7) is 4.68. The average molecular weight is 396 g/mol. The van der Waals surface area contributed by atoms with Gasteiger partial charge >= 0.3 is 0 Å². The van der Waals surface area contributed by atoms with Gasteiger partial charge in [0.1, 0.15) is 11.5 Å². The molecule has 154 valence electrons. The molecule has 0 bridgehead atoms. The van der Waals surface area contributed by atoms with Crippen LogP contribution in [0.3, 0.4) is 0 Å². The highest BCUT2D eigenvalue weighted by Gasteiger charge is 2.41. The molecule has 3 rings (SSSR count). The summed E-state index contributed by atoms with van der Waals surface area (Å²) in [7, 11) is 3.20. The number of carbonyl (C=O) groups excluding carboxylic acids is 2. The van der Waals surface area contributed by atoms with Crippen LogP contribution in [0, 0.1) is 5.92 Å². The third kappa shape index (κ3) is 4.53. The molecule has 0 aliphatic carbocycles. The zero-order valence-electron chi connectivity index (χ0n) is 17.3. The number of hydrogen-bond donors (Lipinski definition) is 1. The highest BCUT2D eigenvalue weighted by molar-refractivity contribution is 5.95. The van der Waals surface area contributed by atoms with Crippen molar-refractivity contribution in [1.82, 2.24) is 10.2 Å². The number of rotatable bonds is 6. The van der Waals surface area contributed by atoms with Gasteiger partial charge in [-0.3, -0.25) is 9.59 Å². The molecule has 6 heteroatoms. The molecule has 2 atom stereocenters. The third-order valence-corrected chi connectivity index (χ3v) is 5.24. The number of likely N-dealkylation sites (tertiary alicyclic amines) is 1. The van der Waals surface area contributed by atoms with Crippen molar-refractivity contribution in [2.24, 2.45) is 5.92 Å². The van der Waals surface area contributed by atoms with Gasteiger partial charge in [-0.2, -0.15) is 0 Å². The molecule has 0 spiro atoms. The van der Waals surface area contributed by atoms with Gasteiger partial charge in [0.2, 0.25) is 5.91 Å². The number of ether oxygens (including phenoxy) is 2. The van der Waals surface area contributed by atoms with Crippen LogP contribution in [-0.4, -0.2) is 50.1 Å². The number of hydrogen-bond acceptors (Lipinski definition) is 4. The van der Waals surface area contributed by atoms with E-state index >= 15 is 0 Å². The normalized spacial score (nSPS) is 18.6. The van der Waals surface area contributed by atoms with E-state index in [1.165, 1.54) is 0 Å². The Bertz CT molecular complexity index is 866. The van der Waals surface area contributed by atoms with Crippen LogP contribution in [0.1, 0.15) is 35.7 Å². The first-order valence-electron chi connectivity index (χ1n) is 9.81. The molecule has 29 heavy (non-hydrogen) atoms. The molecule has 1 saturated heterocycles. The monoisotopic (exact) mass is 396 g/mol. The lowest BCUT2D eigenvalue weighted by Crippen LogP contribution is -2.39. The number of benzene rings is 2. The van der Waals surface area contributed by atoms with Crippen LogP contribution in [0.15, 0.2) is 48.5 Å². The zero-order valence-corrected chi connectivity index (χ0v) is 17.3. The van der Waals surface area contributed by atoms with Gasteiger partial charge < -0.3 is 19.7 Å². The molecular formula is C23H28N2O4. The Morgan fingerprint density at radius 1 is 1.03 bits per heavy atom. The molecule has 6 nitrogen and oxygen atoms in total. The largest absolute Gasteiger partial charge is 0.497 e. The fraction of sp³-hybridized carbons (Fsp3) is 0.391. The van der Waals surface area contributed by atoms with Crippen LogP contribution in [0.2, 0.25) is 0 Å². The maximum atomic E-state index is 13.0. The smallest absolute Gasteiger partial charge is 0.253 e. The summed E-state index contributed by atoms with van der Waals surface area (Å²) in [6, 6.07) is 14.8. The summed E-state index contributed by atoms with van der Waals surface area (Å²) < 4.78 is 10.9. The Hall–Kier alpha value is -3.02. The number of nitrogens with one attached hydrogen (secondary N) is 1. The van der Waals surface area contributed by atoms with Gasteiger partial charge in [0, 0.05) is 42.2 Å². The van der Waals surface area contributed by atoms with Crippen molar-refractivity contribution in [2.45, 2.75) is 25.8 Å². The van der Waals surface area contributed by atoms with Gasteiger partial charge in [-0.25, -0.2) is 0 Å². The molecule has 2 aromatic carbocycles. The van der Waals surface area contributed by atoms with E-state index in [2.05, 4.69) is 5.32 Å². The van der Waals surface area contributed by atoms with Crippen molar-refractivity contribution >= 4 is 11.8 Å². The summed E-state index contributed by atoms with van der Waals surface area (Å²) in [5, 5.41) is 3.00. The van der Waals surface area contributed by atoms with E-state index in [9.17, 15) is 9.59 Å². The van der Waals surface area contributed by atoms with Gasteiger partial charge in [0.05, 0.1) is 20.1 Å². The molecule has 1 aliphatic rings. The van der Waals surface area contributed by atoms with Crippen molar-refractivity contribution in [3.8, 4) is 11.5 Å². The Balaban J connectivity index is 1.94. The molecule has 0 radical (unpaired) electrons. The van der Waals surface area contributed by atoms with Crippen molar-refractivity contribution in [1.29, 1.82) is 0 Å². The van der Waals surface area contributed by atoms with Crippen molar-refractivity contribution < 1.29 is 19.1 Å². The fourth-order valence-corrected chi connectivity index (χ4v) is 3.83. The van der Waals surface area contributed by atoms with Crippen molar-refractivity contribution in [3.63, 3.8) is 0 Å². The van der Waals surface area contributed by atoms with E-state index < -0.39 is 0 Å². The minimum absolute atomic E-state index is 0.0276. The lowest BCUT2D eigenvalue weighted by molar-refractivity contribution is -0.125. The van der Waals surface area contributed by atoms with Crippen LogP contribution >= 0.6 is 0 Å². The minimum atomic E-state index is -0.354. The topological polar surface area (TPSA) is 67.9 Å². The predicted octanol–water partition coefficient (Wildman–Crippen LogP) is 3.08. The highest BCUT2D eigenvalue weighted by atomic mass is 16.5. The molecule has 1 heterocycles. The third-order valence-electron chi connectivity index (χ3n) is 5.24. The van der Waals surface area contributed by atoms with Crippen molar-refractivity contribution in [3.05, 3.63) is 59.7 Å². The average Bonchev–Trinajstić information content (AvgIpc) is 3.18. The van der Waals surface area contributed by atoms with Crippen LogP contribution < -0.4 is 14.8 Å². The molecule has 0 aromatic heterocycles. The van der Waals surface area contributed by atoms with E-state index in [1.54, 1.807) is 31.3 Å². The number of methoxy groups -OCH3 is 2. The second-order valence-electron chi connectivity index (χ2n) is 7.56. The molecule has 0 saturated carbocycles. The second kappa shape index (κ2) is 8.99. The molecule has 2 aromatic rings.